The molecule has 0 aromatic heterocycles. The first-order valence-electron chi connectivity index (χ1n) is 5.25. The van der Waals surface area contributed by atoms with E-state index in [0.29, 0.717) is 23.3 Å². The highest BCUT2D eigenvalue weighted by atomic mass is 79.9. The Hall–Kier alpha value is -0.690. The molecule has 1 heterocycles. The van der Waals surface area contributed by atoms with Crippen molar-refractivity contribution in [2.75, 3.05) is 25.0 Å². The van der Waals surface area contributed by atoms with Crippen LogP contribution in [-0.2, 0) is 9.53 Å². The lowest BCUT2D eigenvalue weighted by Crippen LogP contribution is -2.45. The lowest BCUT2D eigenvalue weighted by Gasteiger charge is -2.22. The first kappa shape index (κ1) is 15.4. The number of hydrogen-bond donors (Lipinski definition) is 2. The third-order valence-electron chi connectivity index (χ3n) is 2.41. The second-order valence-corrected chi connectivity index (χ2v) is 4.54. The molecular weight excluding hydrogens is 326 g/mol. The molecule has 1 atom stereocenters. The Morgan fingerprint density at radius 1 is 1.56 bits per heavy atom. The number of nitrogens with one attached hydrogen (secondary N) is 2. The van der Waals surface area contributed by atoms with Gasteiger partial charge in [-0.3, -0.25) is 4.79 Å². The number of carbonyl (C=O) groups is 1. The highest BCUT2D eigenvalue weighted by Gasteiger charge is 2.21. The molecule has 1 aromatic rings. The van der Waals surface area contributed by atoms with Gasteiger partial charge in [0, 0.05) is 18.8 Å². The predicted octanol–water partition coefficient (Wildman–Crippen LogP) is 1.94. The predicted molar refractivity (Wildman–Crippen MR) is 72.6 cm³/mol. The molecule has 7 heteroatoms. The first-order valence-corrected chi connectivity index (χ1v) is 6.04. The van der Waals surface area contributed by atoms with E-state index in [1.807, 2.05) is 0 Å². The summed E-state index contributed by atoms with van der Waals surface area (Å²) in [6.07, 6.45) is -0.493. The van der Waals surface area contributed by atoms with Gasteiger partial charge in [-0.25, -0.2) is 4.39 Å². The van der Waals surface area contributed by atoms with Crippen LogP contribution >= 0.6 is 28.3 Å². The van der Waals surface area contributed by atoms with Crippen LogP contribution in [0, 0.1) is 5.82 Å². The van der Waals surface area contributed by atoms with Crippen LogP contribution < -0.4 is 10.6 Å². The number of rotatable bonds is 2. The van der Waals surface area contributed by atoms with E-state index in [1.165, 1.54) is 18.2 Å². The van der Waals surface area contributed by atoms with Crippen LogP contribution in [0.1, 0.15) is 0 Å². The quantitative estimate of drug-likeness (QED) is 0.866. The van der Waals surface area contributed by atoms with Gasteiger partial charge in [0.05, 0.1) is 11.1 Å². The summed E-state index contributed by atoms with van der Waals surface area (Å²) in [5, 5.41) is 5.75. The lowest BCUT2D eigenvalue weighted by atomic mass is 10.2. The van der Waals surface area contributed by atoms with Gasteiger partial charge in [0.2, 0.25) is 0 Å². The number of morpholine rings is 1. The van der Waals surface area contributed by atoms with Crippen molar-refractivity contribution in [2.24, 2.45) is 0 Å². The molecule has 1 saturated heterocycles. The van der Waals surface area contributed by atoms with E-state index in [0.717, 1.165) is 6.54 Å². The van der Waals surface area contributed by atoms with E-state index in [1.54, 1.807) is 0 Å². The Kier molecular flexibility index (Phi) is 6.01. The maximum Gasteiger partial charge on any atom is 0.254 e. The minimum atomic E-state index is -0.493. The Morgan fingerprint density at radius 3 is 2.94 bits per heavy atom. The minimum Gasteiger partial charge on any atom is -0.366 e. The average Bonchev–Trinajstić information content (AvgIpc) is 2.35. The number of ether oxygens (including phenoxy) is 1. The zero-order chi connectivity index (χ0) is 12.3. The molecule has 0 saturated carbocycles. The van der Waals surface area contributed by atoms with Crippen LogP contribution in [0.3, 0.4) is 0 Å². The summed E-state index contributed by atoms with van der Waals surface area (Å²) in [6, 6.07) is 4.32. The van der Waals surface area contributed by atoms with Crippen LogP contribution in [0.5, 0.6) is 0 Å². The van der Waals surface area contributed by atoms with E-state index in [4.69, 9.17) is 4.74 Å². The van der Waals surface area contributed by atoms with E-state index in [2.05, 4.69) is 26.6 Å². The molecular formula is C11H13BrClFN2O2. The summed E-state index contributed by atoms with van der Waals surface area (Å²) in [5.41, 5.74) is 0.539. The third-order valence-corrected chi connectivity index (χ3v) is 3.01. The number of carbonyl (C=O) groups excluding carboxylic acids is 1. The SMILES string of the molecule is Cl.O=C(Nc1ccc(F)c(Br)c1)C1CNCCO1. The molecule has 4 nitrogen and oxygen atoms in total. The van der Waals surface area contributed by atoms with Gasteiger partial charge in [-0.1, -0.05) is 0 Å². The molecule has 0 aliphatic carbocycles. The first-order chi connectivity index (χ1) is 8.16. The fraction of sp³-hybridized carbons (Fsp3) is 0.364. The number of halogens is 3. The van der Waals surface area contributed by atoms with Crippen LogP contribution in [0.25, 0.3) is 0 Å². The van der Waals surface area contributed by atoms with E-state index < -0.39 is 6.10 Å². The molecule has 0 radical (unpaired) electrons. The van der Waals surface area contributed by atoms with E-state index in [9.17, 15) is 9.18 Å². The van der Waals surface area contributed by atoms with Crippen LogP contribution in [-0.4, -0.2) is 31.7 Å². The number of anilines is 1. The zero-order valence-corrected chi connectivity index (χ0v) is 11.8. The summed E-state index contributed by atoms with van der Waals surface area (Å²) in [4.78, 5) is 11.8. The average molecular weight is 340 g/mol. The fourth-order valence-electron chi connectivity index (χ4n) is 1.53. The highest BCUT2D eigenvalue weighted by Crippen LogP contribution is 2.20. The maximum absolute atomic E-state index is 13.0. The maximum atomic E-state index is 13.0. The van der Waals surface area contributed by atoms with Crippen molar-refractivity contribution in [1.82, 2.24) is 5.32 Å². The number of amides is 1. The monoisotopic (exact) mass is 338 g/mol. The van der Waals surface area contributed by atoms with E-state index in [-0.39, 0.29) is 24.1 Å². The molecule has 0 spiro atoms. The molecule has 1 fully saturated rings. The van der Waals surface area contributed by atoms with Crippen LogP contribution in [0.15, 0.2) is 22.7 Å². The van der Waals surface area contributed by atoms with Gasteiger partial charge in [0.1, 0.15) is 11.9 Å². The molecule has 100 valence electrons. The van der Waals surface area contributed by atoms with Gasteiger partial charge in [-0.15, -0.1) is 12.4 Å². The van der Waals surface area contributed by atoms with Gasteiger partial charge in [-0.2, -0.15) is 0 Å². The molecule has 2 N–H and O–H groups in total. The molecule has 1 unspecified atom stereocenters. The van der Waals surface area contributed by atoms with Crippen molar-refractivity contribution < 1.29 is 13.9 Å². The van der Waals surface area contributed by atoms with Crippen molar-refractivity contribution in [3.8, 4) is 0 Å². The molecule has 1 amide bonds. The van der Waals surface area contributed by atoms with Gasteiger partial charge >= 0.3 is 0 Å². The third kappa shape index (κ3) is 3.91. The minimum absolute atomic E-state index is 0. The fourth-order valence-corrected chi connectivity index (χ4v) is 1.91. The Bertz CT molecular complexity index is 428. The number of benzene rings is 1. The zero-order valence-electron chi connectivity index (χ0n) is 9.41. The van der Waals surface area contributed by atoms with Crippen LogP contribution in [0.4, 0.5) is 10.1 Å². The Balaban J connectivity index is 0.00000162. The summed E-state index contributed by atoms with van der Waals surface area (Å²) in [7, 11) is 0. The summed E-state index contributed by atoms with van der Waals surface area (Å²) >= 11 is 3.06. The molecule has 2 rings (SSSR count). The molecule has 0 bridgehead atoms. The summed E-state index contributed by atoms with van der Waals surface area (Å²) in [6.45, 7) is 1.77. The second kappa shape index (κ2) is 7.04. The second-order valence-electron chi connectivity index (χ2n) is 3.68. The number of hydrogen-bond acceptors (Lipinski definition) is 3. The lowest BCUT2D eigenvalue weighted by molar-refractivity contribution is -0.128. The van der Waals surface area contributed by atoms with Crippen molar-refractivity contribution in [1.29, 1.82) is 0 Å². The molecule has 1 aliphatic rings. The Labute approximate surface area is 119 Å². The normalized spacial score (nSPS) is 18.9. The molecule has 1 aliphatic heterocycles. The van der Waals surface area contributed by atoms with Crippen molar-refractivity contribution in [2.45, 2.75) is 6.10 Å². The smallest absolute Gasteiger partial charge is 0.254 e. The Morgan fingerprint density at radius 2 is 2.33 bits per heavy atom. The van der Waals surface area contributed by atoms with Gasteiger partial charge in [0.25, 0.3) is 5.91 Å². The van der Waals surface area contributed by atoms with Gasteiger partial charge in [0.15, 0.2) is 0 Å². The van der Waals surface area contributed by atoms with E-state index >= 15 is 0 Å². The molecule has 1 aromatic carbocycles. The van der Waals surface area contributed by atoms with Crippen molar-refractivity contribution in [3.05, 3.63) is 28.5 Å². The highest BCUT2D eigenvalue weighted by molar-refractivity contribution is 9.10. The standard InChI is InChI=1S/C11H12BrFN2O2.ClH/c12-8-5-7(1-2-9(8)13)15-11(16)10-6-14-3-4-17-10;/h1-2,5,10,14H,3-4,6H2,(H,15,16);1H. The van der Waals surface area contributed by atoms with Crippen LogP contribution in [0.2, 0.25) is 0 Å². The van der Waals surface area contributed by atoms with Gasteiger partial charge in [-0.05, 0) is 34.1 Å². The largest absolute Gasteiger partial charge is 0.366 e. The van der Waals surface area contributed by atoms with Crippen molar-refractivity contribution in [3.63, 3.8) is 0 Å². The summed E-state index contributed by atoms with van der Waals surface area (Å²) < 4.78 is 18.6. The van der Waals surface area contributed by atoms with Gasteiger partial charge < -0.3 is 15.4 Å². The van der Waals surface area contributed by atoms with Crippen molar-refractivity contribution >= 4 is 39.9 Å². The molecule has 18 heavy (non-hydrogen) atoms. The summed E-state index contributed by atoms with van der Waals surface area (Å²) in [5.74, 6) is -0.589. The topological polar surface area (TPSA) is 50.4 Å².